The number of fused-ring (bicyclic) bond motifs is 1. The van der Waals surface area contributed by atoms with Crippen molar-refractivity contribution in [3.05, 3.63) is 83.1 Å². The summed E-state index contributed by atoms with van der Waals surface area (Å²) in [6.45, 7) is 2.30. The third-order valence-electron chi connectivity index (χ3n) is 4.95. The van der Waals surface area contributed by atoms with Crippen molar-refractivity contribution in [2.75, 3.05) is 6.61 Å². The molecule has 1 heterocycles. The monoisotopic (exact) mass is 396 g/mol. The van der Waals surface area contributed by atoms with Crippen LogP contribution in [0.1, 0.15) is 16.7 Å². The Morgan fingerprint density at radius 3 is 2.60 bits per heavy atom. The number of carbonyl (C=O) groups excluding carboxylic acids is 2. The minimum atomic E-state index is -0.446. The van der Waals surface area contributed by atoms with E-state index in [1.54, 1.807) is 6.08 Å². The third kappa shape index (κ3) is 3.76. The van der Waals surface area contributed by atoms with Crippen LogP contribution in [0.25, 0.3) is 16.8 Å². The summed E-state index contributed by atoms with van der Waals surface area (Å²) < 4.78 is 5.68. The van der Waals surface area contributed by atoms with Crippen molar-refractivity contribution < 1.29 is 14.3 Å². The zero-order valence-electron chi connectivity index (χ0n) is 16.5. The first-order chi connectivity index (χ1) is 14.6. The number of hydrogen-bond donors (Lipinski definition) is 1. The largest absolute Gasteiger partial charge is 0.480 e. The highest BCUT2D eigenvalue weighted by Gasteiger charge is 2.33. The van der Waals surface area contributed by atoms with Crippen LogP contribution in [-0.2, 0) is 11.3 Å². The molecule has 0 aromatic heterocycles. The second kappa shape index (κ2) is 8.14. The Morgan fingerprint density at radius 1 is 1.07 bits per heavy atom. The van der Waals surface area contributed by atoms with Crippen molar-refractivity contribution in [1.82, 2.24) is 10.2 Å². The van der Waals surface area contributed by atoms with Gasteiger partial charge < -0.3 is 10.1 Å². The Hall–Kier alpha value is -4.04. The molecule has 0 spiro atoms. The van der Waals surface area contributed by atoms with E-state index in [9.17, 15) is 9.59 Å². The van der Waals surface area contributed by atoms with Crippen molar-refractivity contribution in [3.63, 3.8) is 0 Å². The van der Waals surface area contributed by atoms with Gasteiger partial charge >= 0.3 is 6.03 Å². The second-order valence-electron chi connectivity index (χ2n) is 7.06. The van der Waals surface area contributed by atoms with Gasteiger partial charge in [0.1, 0.15) is 18.1 Å². The molecule has 0 radical (unpaired) electrons. The molecular formula is C25H20N2O3. The number of benzene rings is 3. The van der Waals surface area contributed by atoms with Crippen LogP contribution in [-0.4, -0.2) is 23.4 Å². The molecule has 0 saturated carbocycles. The van der Waals surface area contributed by atoms with E-state index in [0.717, 1.165) is 21.9 Å². The van der Waals surface area contributed by atoms with E-state index in [1.807, 2.05) is 67.6 Å². The number of nitrogens with one attached hydrogen (secondary N) is 1. The second-order valence-corrected chi connectivity index (χ2v) is 7.06. The molecule has 1 aliphatic rings. The highest BCUT2D eigenvalue weighted by molar-refractivity contribution is 6.14. The van der Waals surface area contributed by atoms with Crippen molar-refractivity contribution in [2.45, 2.75) is 13.5 Å². The van der Waals surface area contributed by atoms with E-state index < -0.39 is 6.03 Å². The quantitative estimate of drug-likeness (QED) is 0.398. The number of imide groups is 1. The van der Waals surface area contributed by atoms with Crippen LogP contribution >= 0.6 is 0 Å². The molecule has 0 bridgehead atoms. The molecule has 1 fully saturated rings. The Bertz CT molecular complexity index is 1200. The van der Waals surface area contributed by atoms with Gasteiger partial charge in [0, 0.05) is 5.56 Å². The highest BCUT2D eigenvalue weighted by Crippen LogP contribution is 2.31. The summed E-state index contributed by atoms with van der Waals surface area (Å²) in [5, 5.41) is 4.58. The molecule has 0 atom stereocenters. The lowest BCUT2D eigenvalue weighted by atomic mass is 10.0. The van der Waals surface area contributed by atoms with Crippen molar-refractivity contribution >= 4 is 28.8 Å². The molecular weight excluding hydrogens is 376 g/mol. The van der Waals surface area contributed by atoms with Gasteiger partial charge in [0.05, 0.1) is 6.54 Å². The average Bonchev–Trinajstić information content (AvgIpc) is 3.02. The number of aryl methyl sites for hydroxylation is 1. The highest BCUT2D eigenvalue weighted by atomic mass is 16.5. The Labute approximate surface area is 175 Å². The predicted molar refractivity (Wildman–Crippen MR) is 117 cm³/mol. The number of urea groups is 1. The fraction of sp³-hybridized carbons (Fsp3) is 0.120. The molecule has 30 heavy (non-hydrogen) atoms. The van der Waals surface area contributed by atoms with E-state index in [2.05, 4.69) is 11.2 Å². The number of ether oxygens (including phenoxy) is 1. The molecule has 1 saturated heterocycles. The van der Waals surface area contributed by atoms with Gasteiger partial charge in [-0.05, 0) is 35.4 Å². The normalized spacial score (nSPS) is 14.8. The van der Waals surface area contributed by atoms with E-state index >= 15 is 0 Å². The standard InChI is InChI=1S/C25H20N2O3/c1-3-14-30-23-13-12-19-6-4-5-7-20(19)21(23)15-22-24(28)27(25(29)26-22)16-18-10-8-17(2)9-11-18/h1,4-13,15H,14,16H2,2H3,(H,26,29)/b22-15+. The molecule has 3 aromatic rings. The van der Waals surface area contributed by atoms with Crippen molar-refractivity contribution in [1.29, 1.82) is 0 Å². The van der Waals surface area contributed by atoms with Crippen LogP contribution in [0.5, 0.6) is 5.75 Å². The van der Waals surface area contributed by atoms with E-state index in [4.69, 9.17) is 11.2 Å². The summed E-state index contributed by atoms with van der Waals surface area (Å²) >= 11 is 0. The molecule has 3 aromatic carbocycles. The molecule has 5 nitrogen and oxygen atoms in total. The van der Waals surface area contributed by atoms with Crippen LogP contribution in [0.15, 0.2) is 66.4 Å². The fourth-order valence-corrected chi connectivity index (χ4v) is 3.41. The van der Waals surface area contributed by atoms with Crippen molar-refractivity contribution in [2.24, 2.45) is 0 Å². The van der Waals surface area contributed by atoms with Gasteiger partial charge in [0.25, 0.3) is 5.91 Å². The van der Waals surface area contributed by atoms with Gasteiger partial charge in [-0.25, -0.2) is 4.79 Å². The van der Waals surface area contributed by atoms with Gasteiger partial charge in [-0.2, -0.15) is 0 Å². The van der Waals surface area contributed by atoms with Crippen LogP contribution in [0.3, 0.4) is 0 Å². The topological polar surface area (TPSA) is 58.6 Å². The number of amides is 3. The predicted octanol–water partition coefficient (Wildman–Crippen LogP) is 4.25. The summed E-state index contributed by atoms with van der Waals surface area (Å²) in [6.07, 6.45) is 6.99. The summed E-state index contributed by atoms with van der Waals surface area (Å²) in [5.74, 6) is 2.63. The number of carbonyl (C=O) groups is 2. The summed E-state index contributed by atoms with van der Waals surface area (Å²) in [7, 11) is 0. The molecule has 1 aliphatic heterocycles. The third-order valence-corrected chi connectivity index (χ3v) is 4.95. The van der Waals surface area contributed by atoms with E-state index in [-0.39, 0.29) is 24.8 Å². The average molecular weight is 396 g/mol. The molecule has 1 N–H and O–H groups in total. The van der Waals surface area contributed by atoms with Gasteiger partial charge in [0.15, 0.2) is 0 Å². The van der Waals surface area contributed by atoms with Gasteiger partial charge in [-0.3, -0.25) is 9.69 Å². The van der Waals surface area contributed by atoms with Crippen LogP contribution in [0.2, 0.25) is 0 Å². The first kappa shape index (κ1) is 19.3. The Morgan fingerprint density at radius 2 is 1.83 bits per heavy atom. The molecule has 4 rings (SSSR count). The van der Waals surface area contributed by atoms with Crippen molar-refractivity contribution in [3.8, 4) is 18.1 Å². The number of rotatable bonds is 5. The minimum absolute atomic E-state index is 0.106. The molecule has 3 amide bonds. The first-order valence-corrected chi connectivity index (χ1v) is 9.55. The number of hydrogen-bond acceptors (Lipinski definition) is 3. The fourth-order valence-electron chi connectivity index (χ4n) is 3.41. The summed E-state index contributed by atoms with van der Waals surface area (Å²) in [4.78, 5) is 26.6. The smallest absolute Gasteiger partial charge is 0.329 e. The number of terminal acetylenes is 1. The maximum atomic E-state index is 13.0. The SMILES string of the molecule is C#CCOc1ccc2ccccc2c1/C=C1/NC(=O)N(Cc2ccc(C)cc2)C1=O. The zero-order chi connectivity index (χ0) is 21.1. The minimum Gasteiger partial charge on any atom is -0.480 e. The van der Waals surface area contributed by atoms with Gasteiger partial charge in [0.2, 0.25) is 0 Å². The zero-order valence-corrected chi connectivity index (χ0v) is 16.5. The van der Waals surface area contributed by atoms with E-state index in [1.165, 1.54) is 4.90 Å². The van der Waals surface area contributed by atoms with E-state index in [0.29, 0.717) is 11.3 Å². The molecule has 148 valence electrons. The summed E-state index contributed by atoms with van der Waals surface area (Å²) in [5.41, 5.74) is 2.90. The lowest BCUT2D eigenvalue weighted by Gasteiger charge is -2.12. The Kier molecular flexibility index (Phi) is 5.23. The maximum absolute atomic E-state index is 13.0. The Balaban J connectivity index is 1.70. The molecule has 0 aliphatic carbocycles. The lowest BCUT2D eigenvalue weighted by molar-refractivity contribution is -0.123. The molecule has 0 unspecified atom stereocenters. The first-order valence-electron chi connectivity index (χ1n) is 9.55. The number of nitrogens with zero attached hydrogens (tertiary/aromatic N) is 1. The lowest BCUT2D eigenvalue weighted by Crippen LogP contribution is -2.30. The van der Waals surface area contributed by atoms with Gasteiger partial charge in [-0.1, -0.05) is 66.1 Å². The van der Waals surface area contributed by atoms with Crippen LogP contribution in [0.4, 0.5) is 4.79 Å². The van der Waals surface area contributed by atoms with Gasteiger partial charge in [-0.15, -0.1) is 6.42 Å². The van der Waals surface area contributed by atoms with Crippen LogP contribution in [0, 0.1) is 19.3 Å². The molecule has 5 heteroatoms. The summed E-state index contributed by atoms with van der Waals surface area (Å²) in [6, 6.07) is 18.8. The van der Waals surface area contributed by atoms with Crippen LogP contribution < -0.4 is 10.1 Å². The maximum Gasteiger partial charge on any atom is 0.329 e.